The molecule has 0 saturated carbocycles. The highest BCUT2D eigenvalue weighted by atomic mass is 35.5. The Morgan fingerprint density at radius 2 is 1.68 bits per heavy atom. The van der Waals surface area contributed by atoms with Gasteiger partial charge in [0.15, 0.2) is 0 Å². The Morgan fingerprint density at radius 1 is 1.16 bits per heavy atom. The molecule has 0 aromatic heterocycles. The number of aliphatic hydroxyl groups is 1. The van der Waals surface area contributed by atoms with Crippen molar-refractivity contribution in [3.63, 3.8) is 0 Å². The van der Waals surface area contributed by atoms with Crippen LogP contribution in [0.2, 0.25) is 5.02 Å². The van der Waals surface area contributed by atoms with Gasteiger partial charge < -0.3 is 9.84 Å². The van der Waals surface area contributed by atoms with Crippen LogP contribution >= 0.6 is 11.6 Å². The van der Waals surface area contributed by atoms with Crippen LogP contribution in [0.15, 0.2) is 18.2 Å². The molecule has 0 amide bonds. The highest BCUT2D eigenvalue weighted by molar-refractivity contribution is 6.30. The molecule has 3 heteroatoms. The number of rotatable bonds is 6. The number of hydrogen-bond donors (Lipinski definition) is 1. The Morgan fingerprint density at radius 3 is 2.11 bits per heavy atom. The van der Waals surface area contributed by atoms with Crippen LogP contribution in [0.25, 0.3) is 0 Å². The largest absolute Gasteiger partial charge is 0.496 e. The van der Waals surface area contributed by atoms with E-state index in [2.05, 4.69) is 27.7 Å². The fraction of sp³-hybridized carbons (Fsp3) is 0.625. The zero-order chi connectivity index (χ0) is 14.6. The highest BCUT2D eigenvalue weighted by Gasteiger charge is 2.34. The number of hydrogen-bond acceptors (Lipinski definition) is 2. The summed E-state index contributed by atoms with van der Waals surface area (Å²) in [5, 5.41) is 11.7. The summed E-state index contributed by atoms with van der Waals surface area (Å²) in [6, 6.07) is 5.43. The van der Waals surface area contributed by atoms with E-state index in [0.29, 0.717) is 35.4 Å². The van der Waals surface area contributed by atoms with Gasteiger partial charge in [0.05, 0.1) is 12.7 Å². The fourth-order valence-electron chi connectivity index (χ4n) is 2.70. The molecule has 0 unspecified atom stereocenters. The molecule has 1 N–H and O–H groups in total. The van der Waals surface area contributed by atoms with Crippen molar-refractivity contribution >= 4 is 11.6 Å². The van der Waals surface area contributed by atoms with Crippen LogP contribution in [-0.2, 0) is 5.60 Å². The molecule has 0 heterocycles. The van der Waals surface area contributed by atoms with Gasteiger partial charge in [-0.3, -0.25) is 0 Å². The van der Waals surface area contributed by atoms with Crippen molar-refractivity contribution in [3.8, 4) is 5.75 Å². The predicted molar refractivity (Wildman–Crippen MR) is 80.8 cm³/mol. The van der Waals surface area contributed by atoms with Gasteiger partial charge in [0, 0.05) is 10.6 Å². The lowest BCUT2D eigenvalue weighted by molar-refractivity contribution is -0.00638. The van der Waals surface area contributed by atoms with E-state index in [1.807, 2.05) is 12.1 Å². The van der Waals surface area contributed by atoms with Gasteiger partial charge in [0.25, 0.3) is 0 Å². The summed E-state index contributed by atoms with van der Waals surface area (Å²) in [5.74, 6) is 1.49. The third-order valence-electron chi connectivity index (χ3n) is 3.15. The van der Waals surface area contributed by atoms with Gasteiger partial charge in [-0.05, 0) is 42.9 Å². The molecule has 0 spiro atoms. The first-order valence-electron chi connectivity index (χ1n) is 6.85. The lowest BCUT2D eigenvalue weighted by Crippen LogP contribution is -2.30. The summed E-state index contributed by atoms with van der Waals surface area (Å²) in [6.07, 6.45) is 1.39. The maximum absolute atomic E-state index is 11.1. The van der Waals surface area contributed by atoms with Crippen LogP contribution in [0.5, 0.6) is 5.75 Å². The molecule has 0 fully saturated rings. The zero-order valence-electron chi connectivity index (χ0n) is 12.5. The Hall–Kier alpha value is -0.730. The van der Waals surface area contributed by atoms with Gasteiger partial charge in [0.1, 0.15) is 5.75 Å². The molecule has 108 valence electrons. The minimum absolute atomic E-state index is 0.396. The molecule has 0 aliphatic rings. The number of methoxy groups -OCH3 is 1. The molecular formula is C16H25ClO2. The van der Waals surface area contributed by atoms with E-state index in [0.717, 1.165) is 5.56 Å². The molecular weight excluding hydrogens is 260 g/mol. The predicted octanol–water partition coefficient (Wildman–Crippen LogP) is 4.63. The van der Waals surface area contributed by atoms with Gasteiger partial charge in [-0.2, -0.15) is 0 Å². The van der Waals surface area contributed by atoms with Crippen LogP contribution in [0.3, 0.4) is 0 Å². The lowest BCUT2D eigenvalue weighted by atomic mass is 9.79. The molecule has 1 rings (SSSR count). The van der Waals surface area contributed by atoms with Crippen molar-refractivity contribution in [2.45, 2.75) is 46.1 Å². The smallest absolute Gasteiger partial charge is 0.125 e. The number of halogens is 1. The Balaban J connectivity index is 3.26. The van der Waals surface area contributed by atoms with Crippen molar-refractivity contribution in [1.82, 2.24) is 0 Å². The van der Waals surface area contributed by atoms with Gasteiger partial charge >= 0.3 is 0 Å². The quantitative estimate of drug-likeness (QED) is 0.825. The topological polar surface area (TPSA) is 29.5 Å². The van der Waals surface area contributed by atoms with Gasteiger partial charge in [-0.1, -0.05) is 39.3 Å². The van der Waals surface area contributed by atoms with E-state index in [9.17, 15) is 5.11 Å². The summed E-state index contributed by atoms with van der Waals surface area (Å²) in [5.41, 5.74) is -0.0941. The lowest BCUT2D eigenvalue weighted by Gasteiger charge is -2.33. The third kappa shape index (κ3) is 4.39. The fourth-order valence-corrected chi connectivity index (χ4v) is 2.87. The van der Waals surface area contributed by atoms with E-state index >= 15 is 0 Å². The van der Waals surface area contributed by atoms with Crippen molar-refractivity contribution in [1.29, 1.82) is 0 Å². The monoisotopic (exact) mass is 284 g/mol. The summed E-state index contributed by atoms with van der Waals surface area (Å²) < 4.78 is 5.39. The first-order valence-corrected chi connectivity index (χ1v) is 7.22. The number of benzene rings is 1. The molecule has 0 aliphatic carbocycles. The van der Waals surface area contributed by atoms with E-state index in [-0.39, 0.29) is 0 Å². The van der Waals surface area contributed by atoms with Crippen molar-refractivity contribution in [2.75, 3.05) is 7.11 Å². The Bertz CT molecular complexity index is 403. The second-order valence-corrected chi connectivity index (χ2v) is 6.51. The minimum atomic E-state index is -0.890. The molecule has 0 aliphatic heterocycles. The Labute approximate surface area is 121 Å². The summed E-state index contributed by atoms with van der Waals surface area (Å²) in [4.78, 5) is 0. The molecule has 0 atom stereocenters. The minimum Gasteiger partial charge on any atom is -0.496 e. The van der Waals surface area contributed by atoms with Crippen LogP contribution < -0.4 is 4.74 Å². The number of ether oxygens (including phenoxy) is 1. The molecule has 0 saturated heterocycles. The third-order valence-corrected chi connectivity index (χ3v) is 3.39. The Kier molecular flexibility index (Phi) is 5.69. The van der Waals surface area contributed by atoms with E-state index in [1.165, 1.54) is 0 Å². The van der Waals surface area contributed by atoms with E-state index in [1.54, 1.807) is 13.2 Å². The van der Waals surface area contributed by atoms with E-state index in [4.69, 9.17) is 16.3 Å². The maximum atomic E-state index is 11.1. The molecule has 2 nitrogen and oxygen atoms in total. The molecule has 1 aromatic rings. The highest BCUT2D eigenvalue weighted by Crippen LogP contribution is 2.40. The first kappa shape index (κ1) is 16.3. The van der Waals surface area contributed by atoms with Gasteiger partial charge in [0.2, 0.25) is 0 Å². The standard InChI is InChI=1S/C16H25ClO2/c1-11(2)9-16(18,10-12(3)4)14-8-13(17)6-7-15(14)19-5/h6-8,11-12,18H,9-10H2,1-5H3. The summed E-state index contributed by atoms with van der Waals surface area (Å²) in [6.45, 7) is 8.45. The average molecular weight is 285 g/mol. The molecule has 0 bridgehead atoms. The van der Waals surface area contributed by atoms with Crippen molar-refractivity contribution in [2.24, 2.45) is 11.8 Å². The molecule has 1 aromatic carbocycles. The van der Waals surface area contributed by atoms with Gasteiger partial charge in [-0.15, -0.1) is 0 Å². The van der Waals surface area contributed by atoms with Gasteiger partial charge in [-0.25, -0.2) is 0 Å². The van der Waals surface area contributed by atoms with E-state index < -0.39 is 5.60 Å². The SMILES string of the molecule is COc1ccc(Cl)cc1C(O)(CC(C)C)CC(C)C. The van der Waals surface area contributed by atoms with Crippen molar-refractivity contribution < 1.29 is 9.84 Å². The van der Waals surface area contributed by atoms with Crippen molar-refractivity contribution in [3.05, 3.63) is 28.8 Å². The van der Waals surface area contributed by atoms with Crippen LogP contribution in [0.4, 0.5) is 0 Å². The van der Waals surface area contributed by atoms with Crippen LogP contribution in [0.1, 0.15) is 46.1 Å². The first-order chi connectivity index (χ1) is 8.78. The normalized spacial score (nSPS) is 12.3. The average Bonchev–Trinajstić information content (AvgIpc) is 2.26. The maximum Gasteiger partial charge on any atom is 0.125 e. The second kappa shape index (κ2) is 6.62. The second-order valence-electron chi connectivity index (χ2n) is 6.07. The van der Waals surface area contributed by atoms with Crippen LogP contribution in [-0.4, -0.2) is 12.2 Å². The van der Waals surface area contributed by atoms with Crippen LogP contribution in [0, 0.1) is 11.8 Å². The molecule has 19 heavy (non-hydrogen) atoms. The zero-order valence-corrected chi connectivity index (χ0v) is 13.3. The molecule has 0 radical (unpaired) electrons. The summed E-state index contributed by atoms with van der Waals surface area (Å²) in [7, 11) is 1.62. The summed E-state index contributed by atoms with van der Waals surface area (Å²) >= 11 is 6.09.